The average molecular weight is 346 g/mol. The van der Waals surface area contributed by atoms with Gasteiger partial charge in [0.15, 0.2) is 5.69 Å². The molecule has 3 rings (SSSR count). The summed E-state index contributed by atoms with van der Waals surface area (Å²) < 4.78 is 5.27. The van der Waals surface area contributed by atoms with E-state index in [1.54, 1.807) is 0 Å². The predicted molar refractivity (Wildman–Crippen MR) is 89.9 cm³/mol. The maximum absolute atomic E-state index is 12.2. The van der Waals surface area contributed by atoms with Crippen LogP contribution in [0.2, 0.25) is 0 Å². The van der Waals surface area contributed by atoms with Gasteiger partial charge in [0.1, 0.15) is 5.01 Å². The molecule has 6 nitrogen and oxygen atoms in total. The van der Waals surface area contributed by atoms with Crippen LogP contribution in [0, 0.1) is 5.92 Å². The van der Waals surface area contributed by atoms with Crippen molar-refractivity contribution < 1.29 is 19.4 Å². The third-order valence-electron chi connectivity index (χ3n) is 3.96. The molecule has 126 valence electrons. The molecule has 1 fully saturated rings. The van der Waals surface area contributed by atoms with Crippen LogP contribution < -0.4 is 5.32 Å². The Morgan fingerprint density at radius 3 is 2.83 bits per heavy atom. The van der Waals surface area contributed by atoms with Crippen LogP contribution in [0.4, 0.5) is 0 Å². The normalized spacial score (nSPS) is 15.2. The molecule has 0 atom stereocenters. The van der Waals surface area contributed by atoms with E-state index in [4.69, 9.17) is 9.84 Å². The van der Waals surface area contributed by atoms with Gasteiger partial charge < -0.3 is 15.2 Å². The van der Waals surface area contributed by atoms with E-state index < -0.39 is 5.97 Å². The number of carbonyl (C=O) groups is 2. The number of benzene rings is 1. The topological polar surface area (TPSA) is 88.5 Å². The number of ether oxygens (including phenoxy) is 1. The average Bonchev–Trinajstić information content (AvgIpc) is 3.11. The summed E-state index contributed by atoms with van der Waals surface area (Å²) in [6.07, 6.45) is 1.53. The summed E-state index contributed by atoms with van der Waals surface area (Å²) in [5.41, 5.74) is 1.86. The zero-order chi connectivity index (χ0) is 16.9. The number of carboxylic acid groups (broad SMARTS) is 1. The number of carboxylic acids is 1. The first-order valence-corrected chi connectivity index (χ1v) is 8.65. The van der Waals surface area contributed by atoms with Gasteiger partial charge in [0.2, 0.25) is 5.91 Å². The number of thiazole rings is 1. The molecule has 1 aliphatic rings. The molecule has 2 aromatic rings. The highest BCUT2D eigenvalue weighted by Gasteiger charge is 2.21. The van der Waals surface area contributed by atoms with Crippen molar-refractivity contribution in [3.05, 3.63) is 40.9 Å². The molecule has 0 aliphatic carbocycles. The molecule has 0 saturated carbocycles. The minimum Gasteiger partial charge on any atom is -0.476 e. The molecular formula is C17H18N2O4S. The number of carbonyl (C=O) groups excluding carboxylic acids is 1. The van der Waals surface area contributed by atoms with Gasteiger partial charge >= 0.3 is 5.97 Å². The van der Waals surface area contributed by atoms with Gasteiger partial charge in [-0.2, -0.15) is 0 Å². The van der Waals surface area contributed by atoms with Gasteiger partial charge in [0, 0.05) is 36.6 Å². The molecular weight excluding hydrogens is 328 g/mol. The van der Waals surface area contributed by atoms with Crippen molar-refractivity contribution in [2.24, 2.45) is 5.92 Å². The minimum atomic E-state index is -1.03. The first-order valence-electron chi connectivity index (χ1n) is 7.77. The van der Waals surface area contributed by atoms with Crippen LogP contribution >= 0.6 is 11.3 Å². The van der Waals surface area contributed by atoms with E-state index in [1.807, 2.05) is 24.3 Å². The van der Waals surface area contributed by atoms with Crippen LogP contribution in [0.5, 0.6) is 0 Å². The first-order chi connectivity index (χ1) is 11.6. The summed E-state index contributed by atoms with van der Waals surface area (Å²) >= 11 is 1.29. The van der Waals surface area contributed by atoms with E-state index in [1.165, 1.54) is 16.7 Å². The lowest BCUT2D eigenvalue weighted by atomic mass is 9.99. The minimum absolute atomic E-state index is 0.0269. The van der Waals surface area contributed by atoms with Crippen molar-refractivity contribution in [2.45, 2.75) is 19.4 Å². The van der Waals surface area contributed by atoms with E-state index in [-0.39, 0.29) is 17.5 Å². The van der Waals surface area contributed by atoms with Crippen molar-refractivity contribution in [1.29, 1.82) is 0 Å². The van der Waals surface area contributed by atoms with Gasteiger partial charge in [0.05, 0.1) is 0 Å². The molecule has 1 saturated heterocycles. The third-order valence-corrected chi connectivity index (χ3v) is 4.85. The molecule has 1 aromatic heterocycles. The van der Waals surface area contributed by atoms with Gasteiger partial charge in [-0.1, -0.05) is 18.2 Å². The van der Waals surface area contributed by atoms with Gasteiger partial charge in [-0.3, -0.25) is 4.79 Å². The number of nitrogens with zero attached hydrogens (tertiary/aromatic N) is 1. The van der Waals surface area contributed by atoms with Gasteiger partial charge in [-0.05, 0) is 24.5 Å². The largest absolute Gasteiger partial charge is 0.476 e. The summed E-state index contributed by atoms with van der Waals surface area (Å²) in [6, 6.07) is 7.62. The highest BCUT2D eigenvalue weighted by Crippen LogP contribution is 2.24. The number of nitrogens with one attached hydrogen (secondary N) is 1. The van der Waals surface area contributed by atoms with Gasteiger partial charge in [-0.15, -0.1) is 11.3 Å². The Labute approximate surface area is 143 Å². The van der Waals surface area contributed by atoms with Crippen molar-refractivity contribution in [1.82, 2.24) is 10.3 Å². The highest BCUT2D eigenvalue weighted by molar-refractivity contribution is 7.13. The number of aromatic nitrogens is 1. The Morgan fingerprint density at radius 2 is 2.12 bits per heavy atom. The monoisotopic (exact) mass is 346 g/mol. The molecule has 0 bridgehead atoms. The quantitative estimate of drug-likeness (QED) is 0.868. The molecule has 2 heterocycles. The predicted octanol–water partition coefficient (Wildman–Crippen LogP) is 2.55. The number of hydrogen-bond donors (Lipinski definition) is 2. The van der Waals surface area contributed by atoms with Crippen LogP contribution in [0.3, 0.4) is 0 Å². The number of amides is 1. The highest BCUT2D eigenvalue weighted by atomic mass is 32.1. The second-order valence-corrected chi connectivity index (χ2v) is 6.51. The SMILES string of the molecule is O=C(O)c1csc(-c2cccc(CNC(=O)C3CCOCC3)c2)n1. The second kappa shape index (κ2) is 7.55. The van der Waals surface area contributed by atoms with E-state index in [0.717, 1.165) is 24.0 Å². The summed E-state index contributed by atoms with van der Waals surface area (Å²) in [6.45, 7) is 1.73. The molecule has 0 radical (unpaired) electrons. The van der Waals surface area contributed by atoms with Gasteiger partial charge in [-0.25, -0.2) is 9.78 Å². The Balaban J connectivity index is 1.64. The van der Waals surface area contributed by atoms with Crippen LogP contribution in [0.15, 0.2) is 29.6 Å². The first kappa shape index (κ1) is 16.6. The fourth-order valence-corrected chi connectivity index (χ4v) is 3.40. The van der Waals surface area contributed by atoms with Crippen LogP contribution in [0.1, 0.15) is 28.9 Å². The summed E-state index contributed by atoms with van der Waals surface area (Å²) in [7, 11) is 0. The molecule has 0 unspecified atom stereocenters. The van der Waals surface area contributed by atoms with Crippen LogP contribution in [-0.4, -0.2) is 35.2 Å². The number of aromatic carboxylic acids is 1. The van der Waals surface area contributed by atoms with Crippen molar-refractivity contribution in [3.63, 3.8) is 0 Å². The van der Waals surface area contributed by atoms with Crippen LogP contribution in [-0.2, 0) is 16.1 Å². The Hall–Kier alpha value is -2.25. The number of hydrogen-bond acceptors (Lipinski definition) is 5. The smallest absolute Gasteiger partial charge is 0.355 e. The van der Waals surface area contributed by atoms with E-state index in [0.29, 0.717) is 24.8 Å². The zero-order valence-corrected chi connectivity index (χ0v) is 13.8. The standard InChI is InChI=1S/C17H18N2O4S/c20-15(12-4-6-23-7-5-12)18-9-11-2-1-3-13(8-11)16-19-14(10-24-16)17(21)22/h1-3,8,10,12H,4-7,9H2,(H,18,20)(H,21,22). The maximum atomic E-state index is 12.2. The lowest BCUT2D eigenvalue weighted by Gasteiger charge is -2.21. The van der Waals surface area contributed by atoms with Crippen molar-refractivity contribution in [2.75, 3.05) is 13.2 Å². The number of rotatable bonds is 5. The molecule has 0 spiro atoms. The molecule has 1 aromatic carbocycles. The summed E-state index contributed by atoms with van der Waals surface area (Å²) in [4.78, 5) is 27.2. The van der Waals surface area contributed by atoms with E-state index in [2.05, 4.69) is 10.3 Å². The molecule has 2 N–H and O–H groups in total. The fraction of sp³-hybridized carbons (Fsp3) is 0.353. The van der Waals surface area contributed by atoms with Gasteiger partial charge in [0.25, 0.3) is 0 Å². The van der Waals surface area contributed by atoms with Crippen molar-refractivity contribution >= 4 is 23.2 Å². The Kier molecular flexibility index (Phi) is 5.22. The molecule has 7 heteroatoms. The van der Waals surface area contributed by atoms with E-state index in [9.17, 15) is 9.59 Å². The summed E-state index contributed by atoms with van der Waals surface area (Å²) in [5.74, 6) is -0.942. The lowest BCUT2D eigenvalue weighted by molar-refractivity contribution is -0.128. The maximum Gasteiger partial charge on any atom is 0.355 e. The fourth-order valence-electron chi connectivity index (χ4n) is 2.61. The molecule has 1 amide bonds. The zero-order valence-electron chi connectivity index (χ0n) is 13.0. The molecule has 24 heavy (non-hydrogen) atoms. The van der Waals surface area contributed by atoms with E-state index >= 15 is 0 Å². The molecule has 1 aliphatic heterocycles. The lowest BCUT2D eigenvalue weighted by Crippen LogP contribution is -2.33. The second-order valence-electron chi connectivity index (χ2n) is 5.65. The Morgan fingerprint density at radius 1 is 1.33 bits per heavy atom. The Bertz CT molecular complexity index is 738. The van der Waals surface area contributed by atoms with Crippen LogP contribution in [0.25, 0.3) is 10.6 Å². The third kappa shape index (κ3) is 3.98. The van der Waals surface area contributed by atoms with Crippen molar-refractivity contribution in [3.8, 4) is 10.6 Å². The summed E-state index contributed by atoms with van der Waals surface area (Å²) in [5, 5.41) is 14.1.